The molecule has 1 unspecified atom stereocenters. The predicted molar refractivity (Wildman–Crippen MR) is 56.8 cm³/mol. The summed E-state index contributed by atoms with van der Waals surface area (Å²) in [6.45, 7) is 3.92. The second-order valence-electron chi connectivity index (χ2n) is 2.57. The molecule has 0 fully saturated rings. The van der Waals surface area contributed by atoms with E-state index in [1.165, 1.54) is 11.3 Å². The van der Waals surface area contributed by atoms with E-state index < -0.39 is 0 Å². The normalized spacial score (nSPS) is 12.4. The van der Waals surface area contributed by atoms with Gasteiger partial charge in [0.15, 0.2) is 5.13 Å². The number of nitrogens with two attached hydrogens (primary N) is 1. The number of thioether (sulfide) groups is 1. The van der Waals surface area contributed by atoms with E-state index in [0.717, 1.165) is 16.3 Å². The Morgan fingerprint density at radius 1 is 1.77 bits per heavy atom. The minimum atomic E-state index is 0.0125. The van der Waals surface area contributed by atoms with Gasteiger partial charge in [-0.1, -0.05) is 30.0 Å². The van der Waals surface area contributed by atoms with Gasteiger partial charge in [0.25, 0.3) is 0 Å². The lowest BCUT2D eigenvalue weighted by Gasteiger charge is -2.02. The molecule has 70 valence electrons. The summed E-state index contributed by atoms with van der Waals surface area (Å²) in [5, 5.41) is 9.36. The fourth-order valence-corrected chi connectivity index (χ4v) is 2.90. The molecule has 1 atom stereocenters. The standard InChI is InChI=1S/C8H11N3S2/c1-3-6(4-9)12-7-5(2)11-8(10)13-7/h6H,3H2,1-2H3,(H2,10,11). The topological polar surface area (TPSA) is 62.7 Å². The van der Waals surface area contributed by atoms with Crippen LogP contribution in [0.5, 0.6) is 0 Å². The summed E-state index contributed by atoms with van der Waals surface area (Å²) in [6.07, 6.45) is 0.846. The summed E-state index contributed by atoms with van der Waals surface area (Å²) >= 11 is 3.00. The van der Waals surface area contributed by atoms with Gasteiger partial charge in [0.2, 0.25) is 0 Å². The Morgan fingerprint density at radius 2 is 2.46 bits per heavy atom. The first-order valence-electron chi connectivity index (χ1n) is 3.96. The van der Waals surface area contributed by atoms with Crippen molar-refractivity contribution in [2.24, 2.45) is 0 Å². The molecule has 0 spiro atoms. The summed E-state index contributed by atoms with van der Waals surface area (Å²) in [4.78, 5) is 4.10. The van der Waals surface area contributed by atoms with E-state index in [1.54, 1.807) is 11.8 Å². The van der Waals surface area contributed by atoms with Crippen LogP contribution in [0, 0.1) is 18.3 Å². The first-order valence-corrected chi connectivity index (χ1v) is 5.66. The van der Waals surface area contributed by atoms with Crippen LogP contribution in [-0.4, -0.2) is 10.2 Å². The molecule has 0 saturated heterocycles. The number of nitrogen functional groups attached to an aromatic ring is 1. The quantitative estimate of drug-likeness (QED) is 0.783. The second-order valence-corrected chi connectivity index (χ2v) is 5.07. The average molecular weight is 213 g/mol. The van der Waals surface area contributed by atoms with E-state index in [1.807, 2.05) is 13.8 Å². The largest absolute Gasteiger partial charge is 0.375 e. The maximum atomic E-state index is 8.77. The van der Waals surface area contributed by atoms with Crippen LogP contribution in [0.3, 0.4) is 0 Å². The van der Waals surface area contributed by atoms with Crippen LogP contribution in [0.2, 0.25) is 0 Å². The highest BCUT2D eigenvalue weighted by Gasteiger charge is 2.12. The molecule has 2 N–H and O–H groups in total. The molecule has 0 aliphatic rings. The van der Waals surface area contributed by atoms with Crippen molar-refractivity contribution in [3.63, 3.8) is 0 Å². The number of thiazole rings is 1. The summed E-state index contributed by atoms with van der Waals surface area (Å²) in [5.74, 6) is 0. The first-order chi connectivity index (χ1) is 6.17. The van der Waals surface area contributed by atoms with Gasteiger partial charge in [-0.05, 0) is 13.3 Å². The molecule has 0 aliphatic carbocycles. The number of aromatic nitrogens is 1. The third-order valence-corrected chi connectivity index (χ3v) is 4.09. The van der Waals surface area contributed by atoms with Crippen LogP contribution in [0.1, 0.15) is 19.0 Å². The van der Waals surface area contributed by atoms with E-state index in [-0.39, 0.29) is 5.25 Å². The number of aryl methyl sites for hydroxylation is 1. The summed E-state index contributed by atoms with van der Waals surface area (Å²) in [7, 11) is 0. The van der Waals surface area contributed by atoms with E-state index in [0.29, 0.717) is 5.13 Å². The Kier molecular flexibility index (Phi) is 3.58. The monoisotopic (exact) mass is 213 g/mol. The fourth-order valence-electron chi connectivity index (χ4n) is 0.842. The minimum Gasteiger partial charge on any atom is -0.375 e. The molecule has 0 bridgehead atoms. The summed E-state index contributed by atoms with van der Waals surface area (Å²) in [5.41, 5.74) is 6.48. The van der Waals surface area contributed by atoms with E-state index in [9.17, 15) is 0 Å². The molecule has 1 aromatic heterocycles. The zero-order valence-corrected chi connectivity index (χ0v) is 9.21. The molecule has 1 aromatic rings. The van der Waals surface area contributed by atoms with Crippen molar-refractivity contribution in [3.05, 3.63) is 5.69 Å². The third kappa shape index (κ3) is 2.61. The third-order valence-electron chi connectivity index (χ3n) is 1.53. The number of rotatable bonds is 3. The molecule has 1 rings (SSSR count). The van der Waals surface area contributed by atoms with Crippen molar-refractivity contribution in [2.45, 2.75) is 29.7 Å². The molecular weight excluding hydrogens is 202 g/mol. The maximum Gasteiger partial charge on any atom is 0.181 e. The van der Waals surface area contributed by atoms with E-state index >= 15 is 0 Å². The van der Waals surface area contributed by atoms with Crippen molar-refractivity contribution >= 4 is 28.2 Å². The van der Waals surface area contributed by atoms with Gasteiger partial charge < -0.3 is 5.73 Å². The van der Waals surface area contributed by atoms with Crippen molar-refractivity contribution in [1.82, 2.24) is 4.98 Å². The second kappa shape index (κ2) is 4.49. The molecule has 0 saturated carbocycles. The van der Waals surface area contributed by atoms with Gasteiger partial charge >= 0.3 is 0 Å². The van der Waals surface area contributed by atoms with Gasteiger partial charge in [0, 0.05) is 0 Å². The molecular formula is C8H11N3S2. The fraction of sp³-hybridized carbons (Fsp3) is 0.500. The maximum absolute atomic E-state index is 8.77. The number of nitrogens with zero attached hydrogens (tertiary/aromatic N) is 2. The van der Waals surface area contributed by atoms with Gasteiger partial charge in [0.05, 0.1) is 21.2 Å². The molecule has 0 aromatic carbocycles. The molecule has 13 heavy (non-hydrogen) atoms. The Morgan fingerprint density at radius 3 is 2.85 bits per heavy atom. The molecule has 5 heteroatoms. The Hall–Kier alpha value is -0.730. The molecule has 0 aliphatic heterocycles. The molecule has 3 nitrogen and oxygen atoms in total. The van der Waals surface area contributed by atoms with Crippen molar-refractivity contribution in [2.75, 3.05) is 5.73 Å². The van der Waals surface area contributed by atoms with E-state index in [4.69, 9.17) is 11.0 Å². The number of hydrogen-bond acceptors (Lipinski definition) is 5. The lowest BCUT2D eigenvalue weighted by Crippen LogP contribution is -1.94. The highest BCUT2D eigenvalue weighted by Crippen LogP contribution is 2.34. The Labute approximate surface area is 86.0 Å². The molecule has 1 heterocycles. The molecule has 0 radical (unpaired) electrons. The van der Waals surface area contributed by atoms with Crippen LogP contribution < -0.4 is 5.73 Å². The first kappa shape index (κ1) is 10.4. The number of nitriles is 1. The van der Waals surface area contributed by atoms with Crippen LogP contribution in [0.25, 0.3) is 0 Å². The number of hydrogen-bond donors (Lipinski definition) is 1. The average Bonchev–Trinajstić information content (AvgIpc) is 2.41. The highest BCUT2D eigenvalue weighted by molar-refractivity contribution is 8.02. The van der Waals surface area contributed by atoms with Gasteiger partial charge in [-0.3, -0.25) is 0 Å². The zero-order chi connectivity index (χ0) is 9.84. The Balaban J connectivity index is 2.74. The highest BCUT2D eigenvalue weighted by atomic mass is 32.2. The lowest BCUT2D eigenvalue weighted by molar-refractivity contribution is 0.985. The SMILES string of the molecule is CCC(C#N)Sc1sc(N)nc1C. The van der Waals surface area contributed by atoms with Gasteiger partial charge in [-0.25, -0.2) is 4.98 Å². The van der Waals surface area contributed by atoms with Gasteiger partial charge in [0.1, 0.15) is 0 Å². The lowest BCUT2D eigenvalue weighted by atomic mass is 10.4. The van der Waals surface area contributed by atoms with Crippen LogP contribution in [0.4, 0.5) is 5.13 Å². The van der Waals surface area contributed by atoms with Gasteiger partial charge in [-0.2, -0.15) is 5.26 Å². The summed E-state index contributed by atoms with van der Waals surface area (Å²) < 4.78 is 1.06. The predicted octanol–water partition coefficient (Wildman–Crippen LogP) is 2.43. The molecule has 0 amide bonds. The van der Waals surface area contributed by atoms with E-state index in [2.05, 4.69) is 11.1 Å². The Bertz CT molecular complexity index is 327. The number of anilines is 1. The van der Waals surface area contributed by atoms with Gasteiger partial charge in [-0.15, -0.1) is 0 Å². The van der Waals surface area contributed by atoms with Crippen molar-refractivity contribution in [3.8, 4) is 6.07 Å². The minimum absolute atomic E-state index is 0.0125. The smallest absolute Gasteiger partial charge is 0.181 e. The van der Waals surface area contributed by atoms with Crippen molar-refractivity contribution in [1.29, 1.82) is 5.26 Å². The van der Waals surface area contributed by atoms with Crippen LogP contribution in [-0.2, 0) is 0 Å². The van der Waals surface area contributed by atoms with Crippen LogP contribution >= 0.6 is 23.1 Å². The summed E-state index contributed by atoms with van der Waals surface area (Å²) in [6, 6.07) is 2.24. The van der Waals surface area contributed by atoms with Crippen LogP contribution in [0.15, 0.2) is 4.21 Å². The van der Waals surface area contributed by atoms with Crippen molar-refractivity contribution < 1.29 is 0 Å². The zero-order valence-electron chi connectivity index (χ0n) is 7.57.